The first-order valence-electron chi connectivity index (χ1n) is 16.8. The first-order chi connectivity index (χ1) is 26.5. The molecule has 13 nitrogen and oxygen atoms in total. The van der Waals surface area contributed by atoms with E-state index in [0.717, 1.165) is 5.56 Å². The quantitative estimate of drug-likeness (QED) is 0.0981. The van der Waals surface area contributed by atoms with Crippen molar-refractivity contribution in [2.45, 2.75) is 40.2 Å². The molecule has 0 amide bonds. The zero-order chi connectivity index (χ0) is 41.0. The van der Waals surface area contributed by atoms with Crippen LogP contribution in [0.5, 0.6) is 51.7 Å². The van der Waals surface area contributed by atoms with Crippen LogP contribution in [-0.4, -0.2) is 56.2 Å². The zero-order valence-corrected chi connectivity index (χ0v) is 33.2. The van der Waals surface area contributed by atoms with Crippen molar-refractivity contribution in [2.75, 3.05) is 28.4 Å². The summed E-state index contributed by atoms with van der Waals surface area (Å²) < 4.78 is 44.2. The second kappa shape index (κ2) is 14.9. The van der Waals surface area contributed by atoms with Gasteiger partial charge in [-0.2, -0.15) is 0 Å². The van der Waals surface area contributed by atoms with Gasteiger partial charge in [-0.05, 0) is 70.0 Å². The average Bonchev–Trinajstić information content (AvgIpc) is 3.33. The number of phenolic OH excluding ortho intramolecular Hbond substituents is 2. The third-order valence-corrected chi connectivity index (χ3v) is 10.1. The van der Waals surface area contributed by atoms with E-state index in [1.54, 1.807) is 44.6 Å². The molecule has 0 unspecified atom stereocenters. The molecule has 1 aromatic heterocycles. The Hall–Kier alpha value is -6.05. The van der Waals surface area contributed by atoms with Crippen molar-refractivity contribution in [3.63, 3.8) is 0 Å². The molecule has 0 radical (unpaired) electrons. The SMILES string of the molecule is COC(=O)c1c(C)c2c(c(C)c1O)OC(=O)c1c(C)c(Cl)c(O)c(Cl)c1O2.COc1ccc(-c2c(OC)c3c(OC)c4c(cc3oc2=O)OC(C)(C)C=C4)cc1. The van der Waals surface area contributed by atoms with Crippen molar-refractivity contribution in [3.8, 4) is 62.9 Å². The van der Waals surface area contributed by atoms with Gasteiger partial charge in [0.25, 0.3) is 0 Å². The summed E-state index contributed by atoms with van der Waals surface area (Å²) in [6.45, 7) is 8.33. The lowest BCUT2D eigenvalue weighted by Crippen LogP contribution is -2.27. The average molecular weight is 808 g/mol. The van der Waals surface area contributed by atoms with Gasteiger partial charge in [0.2, 0.25) is 0 Å². The fourth-order valence-electron chi connectivity index (χ4n) is 6.44. The molecule has 2 aliphatic rings. The number of rotatable bonds is 5. The maximum atomic E-state index is 12.9. The van der Waals surface area contributed by atoms with E-state index in [9.17, 15) is 24.6 Å². The molecule has 3 heterocycles. The number of fused-ring (bicyclic) bond motifs is 4. The molecule has 0 saturated carbocycles. The van der Waals surface area contributed by atoms with E-state index in [-0.39, 0.29) is 55.1 Å². The van der Waals surface area contributed by atoms with E-state index in [2.05, 4.69) is 0 Å². The number of carbonyl (C=O) groups is 2. The third kappa shape index (κ3) is 6.56. The van der Waals surface area contributed by atoms with Gasteiger partial charge >= 0.3 is 17.6 Å². The highest BCUT2D eigenvalue weighted by atomic mass is 35.5. The Balaban J connectivity index is 0.000000190. The van der Waals surface area contributed by atoms with Gasteiger partial charge in [0.05, 0.1) is 39.0 Å². The molecule has 0 atom stereocenters. The van der Waals surface area contributed by atoms with Crippen molar-refractivity contribution in [2.24, 2.45) is 0 Å². The van der Waals surface area contributed by atoms with Crippen molar-refractivity contribution in [1.29, 1.82) is 0 Å². The monoisotopic (exact) mass is 806 g/mol. The molecule has 0 spiro atoms. The number of hydrogen-bond acceptors (Lipinski definition) is 13. The maximum absolute atomic E-state index is 12.9. The van der Waals surface area contributed by atoms with Crippen LogP contribution in [0.15, 0.2) is 45.6 Å². The lowest BCUT2D eigenvalue weighted by atomic mass is 9.98. The van der Waals surface area contributed by atoms with Crippen LogP contribution in [0.3, 0.4) is 0 Å². The van der Waals surface area contributed by atoms with Crippen LogP contribution in [-0.2, 0) is 4.74 Å². The van der Waals surface area contributed by atoms with Crippen LogP contribution in [0.2, 0.25) is 10.0 Å². The number of phenols is 2. The van der Waals surface area contributed by atoms with Crippen LogP contribution in [0.1, 0.15) is 56.8 Å². The van der Waals surface area contributed by atoms with Gasteiger partial charge in [-0.15, -0.1) is 0 Å². The molecule has 2 N–H and O–H groups in total. The van der Waals surface area contributed by atoms with Gasteiger partial charge < -0.3 is 47.8 Å². The molecule has 56 heavy (non-hydrogen) atoms. The molecule has 0 bridgehead atoms. The fraction of sp³-hybridized carbons (Fsp3) is 0.244. The molecular formula is C41H36Cl2O13. The molecule has 7 rings (SSSR count). The van der Waals surface area contributed by atoms with Gasteiger partial charge in [0.1, 0.15) is 67.0 Å². The molecule has 4 aromatic carbocycles. The molecule has 15 heteroatoms. The Bertz CT molecular complexity index is 2550. The van der Waals surface area contributed by atoms with Gasteiger partial charge in [-0.3, -0.25) is 0 Å². The number of esters is 2. The number of aromatic hydroxyl groups is 2. The lowest BCUT2D eigenvalue weighted by molar-refractivity contribution is 0.0595. The van der Waals surface area contributed by atoms with E-state index in [1.165, 1.54) is 35.0 Å². The number of carbonyl (C=O) groups excluding carboxylic acids is 2. The lowest BCUT2D eigenvalue weighted by Gasteiger charge is -2.29. The van der Waals surface area contributed by atoms with Crippen molar-refractivity contribution < 1.29 is 57.4 Å². The molecule has 5 aromatic rings. The third-order valence-electron chi connectivity index (χ3n) is 9.31. The molecule has 0 aliphatic carbocycles. The van der Waals surface area contributed by atoms with Gasteiger partial charge in [-0.25, -0.2) is 14.4 Å². The molecule has 2 aliphatic heterocycles. The van der Waals surface area contributed by atoms with Crippen LogP contribution in [0, 0.1) is 20.8 Å². The predicted octanol–water partition coefficient (Wildman–Crippen LogP) is 9.11. The van der Waals surface area contributed by atoms with Crippen LogP contribution >= 0.6 is 23.2 Å². The van der Waals surface area contributed by atoms with Crippen LogP contribution in [0.4, 0.5) is 0 Å². The summed E-state index contributed by atoms with van der Waals surface area (Å²) in [5, 5.41) is 20.7. The summed E-state index contributed by atoms with van der Waals surface area (Å²) in [5.74, 6) is -0.544. The van der Waals surface area contributed by atoms with Crippen molar-refractivity contribution in [1.82, 2.24) is 0 Å². The Morgan fingerprint density at radius 3 is 2.02 bits per heavy atom. The van der Waals surface area contributed by atoms with Gasteiger partial charge in [-0.1, -0.05) is 35.3 Å². The number of hydrogen-bond donors (Lipinski definition) is 2. The van der Waals surface area contributed by atoms with E-state index in [4.69, 9.17) is 60.8 Å². The first kappa shape index (κ1) is 39.6. The minimum atomic E-state index is -0.835. The predicted molar refractivity (Wildman–Crippen MR) is 208 cm³/mol. The van der Waals surface area contributed by atoms with Crippen molar-refractivity contribution >= 4 is 52.2 Å². The highest BCUT2D eigenvalue weighted by Crippen LogP contribution is 2.53. The standard InChI is InChI=1S/C23H22O6.C18H14Cl2O7/c1-23(2)11-10-15-16(29-23)12-17-19(20(15)26-4)21(27-5)18(22(24)28-17)13-6-8-14(25-3)9-7-13;1-5-9-16(11(20)13(22)10(5)19)26-14-6(2)8(17(23)25-4)12(21)7(3)15(14)27-18(9)24/h6-12H,1-5H3;21-22H,1-4H3. The fourth-order valence-corrected chi connectivity index (χ4v) is 6.91. The Morgan fingerprint density at radius 2 is 1.41 bits per heavy atom. The summed E-state index contributed by atoms with van der Waals surface area (Å²) in [6, 6.07) is 8.84. The topological polar surface area (TPSA) is 169 Å². The van der Waals surface area contributed by atoms with E-state index < -0.39 is 34.7 Å². The van der Waals surface area contributed by atoms with Crippen molar-refractivity contribution in [3.05, 3.63) is 90.3 Å². The second-order valence-corrected chi connectivity index (χ2v) is 13.9. The molecule has 0 fully saturated rings. The normalized spacial score (nSPS) is 13.4. The summed E-state index contributed by atoms with van der Waals surface area (Å²) in [7, 11) is 5.85. The Labute approximate surface area is 330 Å². The smallest absolute Gasteiger partial charge is 0.347 e. The summed E-state index contributed by atoms with van der Waals surface area (Å²) in [6.07, 6.45) is 3.91. The second-order valence-electron chi connectivity index (χ2n) is 13.2. The van der Waals surface area contributed by atoms with Crippen LogP contribution < -0.4 is 34.0 Å². The van der Waals surface area contributed by atoms with E-state index >= 15 is 0 Å². The number of methoxy groups -OCH3 is 4. The molecule has 0 saturated heterocycles. The summed E-state index contributed by atoms with van der Waals surface area (Å²) >= 11 is 12.2. The first-order valence-corrected chi connectivity index (χ1v) is 17.6. The van der Waals surface area contributed by atoms with E-state index in [0.29, 0.717) is 45.1 Å². The maximum Gasteiger partial charge on any atom is 0.347 e. The summed E-state index contributed by atoms with van der Waals surface area (Å²) in [5.41, 5.74) is 1.37. The highest BCUT2D eigenvalue weighted by Gasteiger charge is 2.36. The Kier molecular flexibility index (Phi) is 10.5. The van der Waals surface area contributed by atoms with Gasteiger partial charge in [0, 0.05) is 17.2 Å². The minimum absolute atomic E-state index is 0.0131. The number of halogens is 2. The largest absolute Gasteiger partial charge is 0.507 e. The van der Waals surface area contributed by atoms with Gasteiger partial charge in [0.15, 0.2) is 23.0 Å². The number of ether oxygens (including phenoxy) is 7. The Morgan fingerprint density at radius 1 is 0.768 bits per heavy atom. The number of benzene rings is 4. The van der Waals surface area contributed by atoms with E-state index in [1.807, 2.05) is 26.0 Å². The molecular weight excluding hydrogens is 771 g/mol. The molecule has 292 valence electrons. The zero-order valence-electron chi connectivity index (χ0n) is 31.7. The minimum Gasteiger partial charge on any atom is -0.507 e. The summed E-state index contributed by atoms with van der Waals surface area (Å²) in [4.78, 5) is 37.6. The van der Waals surface area contributed by atoms with Crippen LogP contribution in [0.25, 0.3) is 28.2 Å². The highest BCUT2D eigenvalue weighted by molar-refractivity contribution is 6.39.